The number of benzene rings is 1. The van der Waals surface area contributed by atoms with Gasteiger partial charge >= 0.3 is 0 Å². The van der Waals surface area contributed by atoms with Crippen molar-refractivity contribution in [1.29, 1.82) is 5.26 Å². The van der Waals surface area contributed by atoms with Gasteiger partial charge in [0.15, 0.2) is 5.78 Å². The molecule has 1 aromatic carbocycles. The smallest absolute Gasteiger partial charge is 0.246 e. The molecule has 1 aliphatic rings. The zero-order valence-electron chi connectivity index (χ0n) is 18.4. The average molecular weight is 460 g/mol. The van der Waals surface area contributed by atoms with E-state index in [1.54, 1.807) is 24.3 Å². The summed E-state index contributed by atoms with van der Waals surface area (Å²) in [6, 6.07) is 7.66. The zero-order chi connectivity index (χ0) is 24.2. The molecule has 176 valence electrons. The van der Waals surface area contributed by atoms with E-state index in [9.17, 15) is 28.4 Å². The van der Waals surface area contributed by atoms with Crippen molar-refractivity contribution in [3.8, 4) is 11.8 Å². The van der Waals surface area contributed by atoms with Crippen molar-refractivity contribution in [2.75, 3.05) is 13.7 Å². The molecule has 33 heavy (non-hydrogen) atoms. The fourth-order valence-electron chi connectivity index (χ4n) is 4.07. The van der Waals surface area contributed by atoms with Gasteiger partial charge in [-0.15, -0.1) is 0 Å². The Labute approximate surface area is 189 Å². The summed E-state index contributed by atoms with van der Waals surface area (Å²) < 4.78 is 32.9. The minimum atomic E-state index is -3.20. The largest absolute Gasteiger partial charge is 0.496 e. The monoisotopic (exact) mass is 460 g/mol. The van der Waals surface area contributed by atoms with Gasteiger partial charge < -0.3 is 20.4 Å². The molecule has 3 atom stereocenters. The Hall–Kier alpha value is -3.48. The lowest BCUT2D eigenvalue weighted by molar-refractivity contribution is -0.129. The number of nitrogens with one attached hydrogen (secondary N) is 3. The van der Waals surface area contributed by atoms with Crippen LogP contribution in [-0.4, -0.2) is 48.2 Å². The fourth-order valence-corrected chi connectivity index (χ4v) is 4.07. The van der Waals surface area contributed by atoms with Crippen molar-refractivity contribution in [3.63, 3.8) is 0 Å². The molecule has 8 nitrogen and oxygen atoms in total. The van der Waals surface area contributed by atoms with Crippen LogP contribution in [0.2, 0.25) is 0 Å². The van der Waals surface area contributed by atoms with Gasteiger partial charge in [-0.2, -0.15) is 5.26 Å². The number of ketones is 1. The van der Waals surface area contributed by atoms with E-state index in [0.29, 0.717) is 36.5 Å². The lowest BCUT2D eigenvalue weighted by Gasteiger charge is -2.22. The number of ether oxygens (including phenoxy) is 1. The first kappa shape index (κ1) is 24.2. The minimum Gasteiger partial charge on any atom is -0.496 e. The van der Waals surface area contributed by atoms with Gasteiger partial charge in [-0.1, -0.05) is 6.07 Å². The summed E-state index contributed by atoms with van der Waals surface area (Å²) in [7, 11) is 1.49. The van der Waals surface area contributed by atoms with Crippen LogP contribution >= 0.6 is 0 Å². The molecule has 1 saturated heterocycles. The first-order chi connectivity index (χ1) is 15.6. The number of carbonyl (C=O) groups excluding carboxylic acids is 3. The second kappa shape index (κ2) is 9.98. The van der Waals surface area contributed by atoms with Crippen molar-refractivity contribution in [2.24, 2.45) is 11.8 Å². The topological polar surface area (TPSA) is 124 Å². The molecular formula is C23H26F2N4O4. The minimum absolute atomic E-state index is 0.0824. The Balaban J connectivity index is 1.74. The number of methoxy groups -OCH3 is 1. The molecule has 0 bridgehead atoms. The number of aromatic nitrogens is 1. The van der Waals surface area contributed by atoms with Crippen molar-refractivity contribution in [2.45, 2.75) is 44.6 Å². The number of alkyl halides is 2. The highest BCUT2D eigenvalue weighted by Crippen LogP contribution is 2.29. The van der Waals surface area contributed by atoms with Gasteiger partial charge in [0.2, 0.25) is 17.7 Å². The summed E-state index contributed by atoms with van der Waals surface area (Å²) in [5, 5.41) is 15.1. The van der Waals surface area contributed by atoms with E-state index in [4.69, 9.17) is 4.74 Å². The van der Waals surface area contributed by atoms with E-state index in [-0.39, 0.29) is 18.0 Å². The molecule has 0 aliphatic carbocycles. The van der Waals surface area contributed by atoms with Crippen LogP contribution in [0.4, 0.5) is 8.78 Å². The molecule has 0 spiro atoms. The van der Waals surface area contributed by atoms with Crippen LogP contribution in [0.3, 0.4) is 0 Å². The normalized spacial score (nSPS) is 17.8. The predicted molar refractivity (Wildman–Crippen MR) is 116 cm³/mol. The molecule has 2 heterocycles. The maximum atomic E-state index is 13.8. The number of nitriles is 1. The molecule has 1 aliphatic heterocycles. The van der Waals surface area contributed by atoms with Gasteiger partial charge in [-0.25, -0.2) is 8.78 Å². The number of amides is 2. The van der Waals surface area contributed by atoms with Gasteiger partial charge in [0.05, 0.1) is 24.8 Å². The molecule has 0 radical (unpaired) electrons. The van der Waals surface area contributed by atoms with E-state index in [1.165, 1.54) is 7.11 Å². The Morgan fingerprint density at radius 2 is 2.15 bits per heavy atom. The summed E-state index contributed by atoms with van der Waals surface area (Å²) >= 11 is 0. The number of rotatable bonds is 10. The summed E-state index contributed by atoms with van der Waals surface area (Å²) in [4.78, 5) is 40.4. The maximum absolute atomic E-state index is 13.8. The first-order valence-electron chi connectivity index (χ1n) is 10.7. The lowest BCUT2D eigenvalue weighted by atomic mass is 9.92. The number of fused-ring (bicyclic) bond motifs is 1. The third kappa shape index (κ3) is 6.06. The molecule has 0 saturated carbocycles. The summed E-state index contributed by atoms with van der Waals surface area (Å²) in [6.45, 7) is 1.17. The molecule has 2 amide bonds. The number of Topliss-reactive ketones (excluding diaryl/α,β-unsaturated/α-hetero) is 1. The van der Waals surface area contributed by atoms with Crippen LogP contribution in [0, 0.1) is 23.2 Å². The van der Waals surface area contributed by atoms with Crippen LogP contribution in [-0.2, 0) is 9.59 Å². The molecule has 10 heteroatoms. The highest BCUT2D eigenvalue weighted by molar-refractivity contribution is 6.02. The summed E-state index contributed by atoms with van der Waals surface area (Å²) in [5.74, 6) is -5.96. The number of aromatic amines is 1. The summed E-state index contributed by atoms with van der Waals surface area (Å²) in [5.41, 5.74) is 0.810. The predicted octanol–water partition coefficient (Wildman–Crippen LogP) is 2.95. The number of hydrogen-bond donors (Lipinski definition) is 3. The number of halogens is 2. The van der Waals surface area contributed by atoms with Crippen LogP contribution < -0.4 is 15.4 Å². The van der Waals surface area contributed by atoms with Gasteiger partial charge in [-0.3, -0.25) is 14.4 Å². The molecule has 3 rings (SSSR count). The second-order valence-electron chi connectivity index (χ2n) is 8.41. The molecule has 3 N–H and O–H groups in total. The van der Waals surface area contributed by atoms with Gasteiger partial charge in [0, 0.05) is 36.2 Å². The third-order valence-electron chi connectivity index (χ3n) is 5.71. The Kier molecular flexibility index (Phi) is 7.31. The Morgan fingerprint density at radius 3 is 2.76 bits per heavy atom. The third-order valence-corrected chi connectivity index (χ3v) is 5.71. The van der Waals surface area contributed by atoms with Crippen molar-refractivity contribution >= 4 is 28.5 Å². The highest BCUT2D eigenvalue weighted by Gasteiger charge is 2.35. The lowest BCUT2D eigenvalue weighted by Crippen LogP contribution is -2.42. The Bertz CT molecular complexity index is 1090. The Morgan fingerprint density at radius 1 is 1.39 bits per heavy atom. The van der Waals surface area contributed by atoms with E-state index in [1.807, 2.05) is 6.07 Å². The maximum Gasteiger partial charge on any atom is 0.246 e. The molecule has 1 aromatic heterocycles. The van der Waals surface area contributed by atoms with E-state index >= 15 is 0 Å². The molecule has 2 aromatic rings. The SMILES string of the molecule is COc1cccc2[nH]c(C(=O)CC(CC(C)(F)F)C(=O)NC(C#N)CC3CCNC3=O)cc12. The van der Waals surface area contributed by atoms with Crippen LogP contribution in [0.15, 0.2) is 24.3 Å². The standard InChI is InChI=1S/C23H26F2N4O4/c1-23(24,25)11-14(22(32)28-15(12-26)8-13-6-7-27-21(13)31)9-19(30)18-10-16-17(29-18)4-3-5-20(16)33-2/h3-5,10,13-15,29H,6-9,11H2,1-2H3,(H,27,31)(H,28,32). The van der Waals surface area contributed by atoms with Crippen molar-refractivity contribution in [3.05, 3.63) is 30.0 Å². The highest BCUT2D eigenvalue weighted by atomic mass is 19.3. The fraction of sp³-hybridized carbons (Fsp3) is 0.478. The molecular weight excluding hydrogens is 434 g/mol. The number of hydrogen-bond acceptors (Lipinski definition) is 5. The van der Waals surface area contributed by atoms with E-state index in [2.05, 4.69) is 15.6 Å². The quantitative estimate of drug-likeness (QED) is 0.470. The second-order valence-corrected chi connectivity index (χ2v) is 8.41. The van der Waals surface area contributed by atoms with Gasteiger partial charge in [-0.05, 0) is 38.0 Å². The van der Waals surface area contributed by atoms with Crippen LogP contribution in [0.5, 0.6) is 5.75 Å². The molecule has 1 fully saturated rings. The summed E-state index contributed by atoms with van der Waals surface area (Å²) in [6.07, 6.45) is -0.701. The van der Waals surface area contributed by atoms with E-state index in [0.717, 1.165) is 0 Å². The zero-order valence-corrected chi connectivity index (χ0v) is 18.4. The number of carbonyl (C=O) groups is 3. The number of nitrogens with zero attached hydrogens (tertiary/aromatic N) is 1. The van der Waals surface area contributed by atoms with E-state index < -0.39 is 48.3 Å². The number of H-pyrrole nitrogens is 1. The van der Waals surface area contributed by atoms with Crippen LogP contribution in [0.25, 0.3) is 10.9 Å². The first-order valence-corrected chi connectivity index (χ1v) is 10.7. The van der Waals surface area contributed by atoms with Crippen molar-refractivity contribution < 1.29 is 27.9 Å². The van der Waals surface area contributed by atoms with Crippen LogP contribution in [0.1, 0.15) is 43.1 Å². The molecule has 3 unspecified atom stereocenters. The van der Waals surface area contributed by atoms with Crippen molar-refractivity contribution in [1.82, 2.24) is 15.6 Å². The van der Waals surface area contributed by atoms with Gasteiger partial charge in [0.1, 0.15) is 11.8 Å². The van der Waals surface area contributed by atoms with Gasteiger partial charge in [0.25, 0.3) is 0 Å². The average Bonchev–Trinajstić information content (AvgIpc) is 3.37.